The van der Waals surface area contributed by atoms with Crippen LogP contribution in [-0.2, 0) is 19.6 Å². The fraction of sp³-hybridized carbons (Fsp3) is 0.192. The molecule has 0 aliphatic heterocycles. The van der Waals surface area contributed by atoms with Gasteiger partial charge in [0.2, 0.25) is 0 Å². The van der Waals surface area contributed by atoms with Crippen molar-refractivity contribution in [2.45, 2.75) is 33.5 Å². The Kier molecular flexibility index (Phi) is 6.69. The minimum atomic E-state index is -0.169. The summed E-state index contributed by atoms with van der Waals surface area (Å²) in [6, 6.07) is 20.3. The molecule has 0 saturated heterocycles. The lowest BCUT2D eigenvalue weighted by molar-refractivity contribution is 0.0950. The summed E-state index contributed by atoms with van der Waals surface area (Å²) >= 11 is 0. The Morgan fingerprint density at radius 2 is 1.79 bits per heavy atom. The number of nitrogens with zero attached hydrogens (tertiary/aromatic N) is 3. The van der Waals surface area contributed by atoms with Gasteiger partial charge in [0.15, 0.2) is 0 Å². The number of para-hydroxylation sites is 1. The fourth-order valence-electron chi connectivity index (χ4n) is 3.78. The van der Waals surface area contributed by atoms with E-state index in [1.54, 1.807) is 17.1 Å². The van der Waals surface area contributed by atoms with Crippen molar-refractivity contribution in [1.82, 2.24) is 20.1 Å². The number of hydrogen-bond donors (Lipinski definition) is 3. The summed E-state index contributed by atoms with van der Waals surface area (Å²) in [5.74, 6) is 0.318. The van der Waals surface area contributed by atoms with E-state index in [2.05, 4.69) is 38.9 Å². The molecule has 2 heterocycles. The zero-order valence-corrected chi connectivity index (χ0v) is 18.9. The van der Waals surface area contributed by atoms with Gasteiger partial charge in [0.05, 0.1) is 18.3 Å². The second-order valence-electron chi connectivity index (χ2n) is 8.08. The number of nitrogens with two attached hydrogens (primary N) is 1. The summed E-state index contributed by atoms with van der Waals surface area (Å²) in [5.41, 5.74) is 12.5. The van der Waals surface area contributed by atoms with Crippen LogP contribution in [0.15, 0.2) is 73.1 Å². The van der Waals surface area contributed by atoms with Crippen molar-refractivity contribution in [3.63, 3.8) is 0 Å². The predicted octanol–water partition coefficient (Wildman–Crippen LogP) is 4.07. The number of benzene rings is 2. The number of anilines is 2. The van der Waals surface area contributed by atoms with Crippen molar-refractivity contribution in [2.75, 3.05) is 11.1 Å². The van der Waals surface area contributed by atoms with E-state index >= 15 is 0 Å². The van der Waals surface area contributed by atoms with Crippen molar-refractivity contribution >= 4 is 17.4 Å². The van der Waals surface area contributed by atoms with E-state index in [1.807, 2.05) is 56.3 Å². The lowest BCUT2D eigenvalue weighted by Crippen LogP contribution is -2.23. The number of pyridine rings is 1. The summed E-state index contributed by atoms with van der Waals surface area (Å²) in [5, 5.41) is 10.7. The Labute approximate surface area is 193 Å². The van der Waals surface area contributed by atoms with Gasteiger partial charge in [0.1, 0.15) is 5.82 Å². The molecule has 0 fully saturated rings. The van der Waals surface area contributed by atoms with Crippen LogP contribution in [0.25, 0.3) is 0 Å². The quantitative estimate of drug-likeness (QED) is 0.384. The number of carbonyl (C=O) groups excluding carboxylic acids is 1. The normalized spacial score (nSPS) is 10.7. The highest BCUT2D eigenvalue weighted by Crippen LogP contribution is 2.15. The Bertz CT molecular complexity index is 1230. The highest BCUT2D eigenvalue weighted by molar-refractivity contribution is 5.93. The Hall–Kier alpha value is -4.13. The molecule has 4 rings (SSSR count). The van der Waals surface area contributed by atoms with Crippen molar-refractivity contribution in [3.05, 3.63) is 107 Å². The molecule has 33 heavy (non-hydrogen) atoms. The molecule has 4 aromatic rings. The van der Waals surface area contributed by atoms with E-state index < -0.39 is 0 Å². The average molecular weight is 441 g/mol. The predicted molar refractivity (Wildman–Crippen MR) is 131 cm³/mol. The third kappa shape index (κ3) is 5.77. The lowest BCUT2D eigenvalue weighted by atomic mass is 10.1. The topological polar surface area (TPSA) is 97.9 Å². The van der Waals surface area contributed by atoms with Crippen LogP contribution in [0.2, 0.25) is 0 Å². The van der Waals surface area contributed by atoms with E-state index in [9.17, 15) is 4.79 Å². The molecule has 0 aliphatic carbocycles. The Morgan fingerprint density at radius 1 is 1.00 bits per heavy atom. The van der Waals surface area contributed by atoms with Gasteiger partial charge in [-0.1, -0.05) is 42.5 Å². The number of amides is 1. The standard InChI is InChI=1S/C26H28N6O/c1-18-11-25(27)31-19(2)24(18)15-29-26(33)22-14-30-32(17-22)16-21-8-6-7-20(12-21)13-28-23-9-4-3-5-10-23/h3-12,14,17,28H,13,15-16H2,1-2H3,(H2,27,31)(H,29,33). The van der Waals surface area contributed by atoms with Crippen molar-refractivity contribution in [1.29, 1.82) is 0 Å². The van der Waals surface area contributed by atoms with Gasteiger partial charge in [0, 0.05) is 30.7 Å². The zero-order valence-electron chi connectivity index (χ0n) is 18.9. The first-order valence-electron chi connectivity index (χ1n) is 10.9. The molecule has 0 saturated carbocycles. The molecule has 0 unspecified atom stereocenters. The largest absolute Gasteiger partial charge is 0.384 e. The molecule has 168 valence electrons. The van der Waals surface area contributed by atoms with Crippen molar-refractivity contribution in [3.8, 4) is 0 Å². The number of aromatic nitrogens is 3. The minimum Gasteiger partial charge on any atom is -0.384 e. The van der Waals surface area contributed by atoms with Crippen molar-refractivity contribution in [2.24, 2.45) is 0 Å². The maximum absolute atomic E-state index is 12.6. The molecular formula is C26H28N6O. The number of nitrogens with one attached hydrogen (secondary N) is 2. The van der Waals surface area contributed by atoms with Gasteiger partial charge >= 0.3 is 0 Å². The smallest absolute Gasteiger partial charge is 0.254 e. The highest BCUT2D eigenvalue weighted by atomic mass is 16.1. The minimum absolute atomic E-state index is 0.169. The van der Waals surface area contributed by atoms with Crippen LogP contribution in [0.5, 0.6) is 0 Å². The van der Waals surface area contributed by atoms with Crippen LogP contribution in [0, 0.1) is 13.8 Å². The molecule has 0 spiro atoms. The van der Waals surface area contributed by atoms with E-state index in [0.29, 0.717) is 24.5 Å². The summed E-state index contributed by atoms with van der Waals surface area (Å²) in [7, 11) is 0. The number of aryl methyl sites for hydroxylation is 2. The molecule has 7 nitrogen and oxygen atoms in total. The molecule has 4 N–H and O–H groups in total. The molecule has 7 heteroatoms. The van der Waals surface area contributed by atoms with E-state index in [-0.39, 0.29) is 5.91 Å². The average Bonchev–Trinajstić information content (AvgIpc) is 3.26. The molecule has 1 amide bonds. The van der Waals surface area contributed by atoms with Crippen LogP contribution in [0.3, 0.4) is 0 Å². The Morgan fingerprint density at radius 3 is 2.58 bits per heavy atom. The van der Waals surface area contributed by atoms with Gasteiger partial charge in [-0.05, 0) is 54.3 Å². The molecule has 2 aromatic carbocycles. The van der Waals surface area contributed by atoms with Gasteiger partial charge < -0.3 is 16.4 Å². The zero-order chi connectivity index (χ0) is 23.2. The number of nitrogen functional groups attached to an aromatic ring is 1. The molecule has 0 radical (unpaired) electrons. The van der Waals surface area contributed by atoms with E-state index in [1.165, 1.54) is 5.56 Å². The molecular weight excluding hydrogens is 412 g/mol. The molecule has 0 aliphatic rings. The lowest BCUT2D eigenvalue weighted by Gasteiger charge is -2.11. The third-order valence-corrected chi connectivity index (χ3v) is 5.50. The highest BCUT2D eigenvalue weighted by Gasteiger charge is 2.11. The number of carbonyl (C=O) groups is 1. The third-order valence-electron chi connectivity index (χ3n) is 5.50. The monoisotopic (exact) mass is 440 g/mol. The molecule has 0 atom stereocenters. The summed E-state index contributed by atoms with van der Waals surface area (Å²) in [6.07, 6.45) is 3.36. The SMILES string of the molecule is Cc1cc(N)nc(C)c1CNC(=O)c1cnn(Cc2cccc(CNc3ccccc3)c2)c1. The van der Waals surface area contributed by atoms with Crippen LogP contribution < -0.4 is 16.4 Å². The maximum atomic E-state index is 12.6. The van der Waals surface area contributed by atoms with Crippen LogP contribution in [-0.4, -0.2) is 20.7 Å². The Balaban J connectivity index is 1.35. The van der Waals surface area contributed by atoms with Crippen LogP contribution in [0.1, 0.15) is 38.3 Å². The summed E-state index contributed by atoms with van der Waals surface area (Å²) < 4.78 is 1.78. The maximum Gasteiger partial charge on any atom is 0.254 e. The van der Waals surface area contributed by atoms with Crippen molar-refractivity contribution < 1.29 is 4.79 Å². The van der Waals surface area contributed by atoms with Crippen LogP contribution in [0.4, 0.5) is 11.5 Å². The van der Waals surface area contributed by atoms with Crippen LogP contribution >= 0.6 is 0 Å². The number of hydrogen-bond acceptors (Lipinski definition) is 5. The number of rotatable bonds is 8. The molecule has 0 bridgehead atoms. The van der Waals surface area contributed by atoms with Gasteiger partial charge in [-0.25, -0.2) is 4.98 Å². The summed E-state index contributed by atoms with van der Waals surface area (Å²) in [6.45, 7) is 5.59. The summed E-state index contributed by atoms with van der Waals surface area (Å²) in [4.78, 5) is 16.9. The van der Waals surface area contributed by atoms with Gasteiger partial charge in [-0.15, -0.1) is 0 Å². The van der Waals surface area contributed by atoms with E-state index in [0.717, 1.165) is 34.6 Å². The van der Waals surface area contributed by atoms with E-state index in [4.69, 9.17) is 5.73 Å². The van der Waals surface area contributed by atoms with Gasteiger partial charge in [-0.3, -0.25) is 9.48 Å². The first kappa shape index (κ1) is 22.1. The van der Waals surface area contributed by atoms with Gasteiger partial charge in [-0.2, -0.15) is 5.10 Å². The first-order valence-corrected chi connectivity index (χ1v) is 10.9. The fourth-order valence-corrected chi connectivity index (χ4v) is 3.78. The first-order chi connectivity index (χ1) is 16.0. The second-order valence-corrected chi connectivity index (χ2v) is 8.08. The second kappa shape index (κ2) is 9.99. The van der Waals surface area contributed by atoms with Gasteiger partial charge in [0.25, 0.3) is 5.91 Å². The molecule has 2 aromatic heterocycles.